The van der Waals surface area contributed by atoms with Crippen molar-refractivity contribution in [3.05, 3.63) is 45.9 Å². The van der Waals surface area contributed by atoms with Gasteiger partial charge in [-0.05, 0) is 22.9 Å². The molecule has 0 amide bonds. The lowest BCUT2D eigenvalue weighted by Gasteiger charge is -1.73. The van der Waals surface area contributed by atoms with E-state index >= 15 is 0 Å². The van der Waals surface area contributed by atoms with E-state index < -0.39 is 9.84 Å². The van der Waals surface area contributed by atoms with E-state index in [1.807, 2.05) is 22.9 Å². The van der Waals surface area contributed by atoms with E-state index in [0.29, 0.717) is 0 Å². The van der Waals surface area contributed by atoms with Crippen LogP contribution in [0.5, 0.6) is 0 Å². The van der Waals surface area contributed by atoms with Gasteiger partial charge in [0.15, 0.2) is 9.84 Å². The molecule has 1 aliphatic rings. The maximum absolute atomic E-state index is 10.3. The summed E-state index contributed by atoms with van der Waals surface area (Å²) in [6.45, 7) is 0. The predicted molar refractivity (Wildman–Crippen MR) is 51.5 cm³/mol. The average Bonchev–Trinajstić information content (AvgIpc) is 2.60. The number of hydrogen-bond donors (Lipinski definition) is 0. The highest BCUT2D eigenvalue weighted by Crippen LogP contribution is 2.01. The van der Waals surface area contributed by atoms with Crippen molar-refractivity contribution in [1.29, 1.82) is 0 Å². The van der Waals surface area contributed by atoms with Crippen LogP contribution >= 0.6 is 11.3 Å². The zero-order chi connectivity index (χ0) is 8.86. The minimum Gasteiger partial charge on any atom is -0.220 e. The first kappa shape index (κ1) is 9.22. The van der Waals surface area contributed by atoms with E-state index in [1.54, 1.807) is 11.3 Å². The maximum atomic E-state index is 10.3. The monoisotopic (exact) mass is 200 g/mol. The molecule has 0 aromatic carbocycles. The molecule has 0 saturated carbocycles. The van der Waals surface area contributed by atoms with Crippen molar-refractivity contribution < 1.29 is 8.42 Å². The van der Waals surface area contributed by atoms with Gasteiger partial charge in [0.2, 0.25) is 0 Å². The summed E-state index contributed by atoms with van der Waals surface area (Å²) in [7, 11) is -2.91. The van der Waals surface area contributed by atoms with Gasteiger partial charge in [-0.2, -0.15) is 11.3 Å². The Labute approximate surface area is 75.8 Å². The Morgan fingerprint density at radius 1 is 0.917 bits per heavy atom. The molecule has 0 bridgehead atoms. The Morgan fingerprint density at radius 2 is 1.42 bits per heavy atom. The van der Waals surface area contributed by atoms with E-state index in [-0.39, 0.29) is 0 Å². The lowest BCUT2D eigenvalue weighted by atomic mass is 10.6. The molecule has 1 aromatic heterocycles. The molecule has 0 saturated heterocycles. The van der Waals surface area contributed by atoms with Crippen LogP contribution in [-0.2, 0) is 9.84 Å². The molecule has 12 heavy (non-hydrogen) atoms. The van der Waals surface area contributed by atoms with E-state index in [2.05, 4.69) is 0 Å². The molecule has 0 radical (unpaired) electrons. The lowest BCUT2D eigenvalue weighted by molar-refractivity contribution is 0.613. The summed E-state index contributed by atoms with van der Waals surface area (Å²) in [5.41, 5.74) is 0. The summed E-state index contributed by atoms with van der Waals surface area (Å²) in [6, 6.07) is 4.04. The van der Waals surface area contributed by atoms with Gasteiger partial charge in [-0.1, -0.05) is 12.1 Å². The quantitative estimate of drug-likeness (QED) is 0.643. The predicted octanol–water partition coefficient (Wildman–Crippen LogP) is 2.19. The Hall–Kier alpha value is -0.870. The molecule has 0 fully saturated rings. The summed E-state index contributed by atoms with van der Waals surface area (Å²) in [5.74, 6) is 0. The standard InChI is InChI=1S/C4H4O2S.C4H4S/c5-7(6)3-1-2-4-7;1-2-4-5-3-1/h1-4H;1-4H. The molecule has 0 N–H and O–H groups in total. The van der Waals surface area contributed by atoms with Crippen LogP contribution in [0.1, 0.15) is 0 Å². The third kappa shape index (κ3) is 3.50. The van der Waals surface area contributed by atoms with Gasteiger partial charge in [-0.15, -0.1) is 0 Å². The summed E-state index contributed by atoms with van der Waals surface area (Å²) < 4.78 is 20.5. The fraction of sp³-hybridized carbons (Fsp3) is 0. The Balaban J connectivity index is 0.000000127. The van der Waals surface area contributed by atoms with Crippen LogP contribution in [0.25, 0.3) is 0 Å². The summed E-state index contributed by atoms with van der Waals surface area (Å²) >= 11 is 1.71. The Morgan fingerprint density at radius 3 is 1.58 bits per heavy atom. The number of allylic oxidation sites excluding steroid dienone is 2. The minimum absolute atomic E-state index is 1.16. The van der Waals surface area contributed by atoms with Crippen molar-refractivity contribution in [3.63, 3.8) is 0 Å². The van der Waals surface area contributed by atoms with E-state index in [1.165, 1.54) is 12.2 Å². The van der Waals surface area contributed by atoms with Gasteiger partial charge in [-0.25, -0.2) is 8.42 Å². The van der Waals surface area contributed by atoms with Crippen LogP contribution in [0.3, 0.4) is 0 Å². The summed E-state index contributed by atoms with van der Waals surface area (Å²) in [4.78, 5) is 0. The van der Waals surface area contributed by atoms with Gasteiger partial charge in [0.05, 0.1) is 0 Å². The number of rotatable bonds is 0. The molecule has 0 unspecified atom stereocenters. The largest absolute Gasteiger partial charge is 0.220 e. The SMILES string of the molecule is O=S1(=O)C=CC=C1.c1ccsc1. The second-order valence-corrected chi connectivity index (χ2v) is 4.58. The smallest absolute Gasteiger partial charge is 0.193 e. The van der Waals surface area contributed by atoms with Gasteiger partial charge >= 0.3 is 0 Å². The molecule has 4 heteroatoms. The molecule has 64 valence electrons. The average molecular weight is 200 g/mol. The van der Waals surface area contributed by atoms with Crippen LogP contribution in [0, 0.1) is 0 Å². The first-order chi connectivity index (χ1) is 5.71. The number of thiophene rings is 1. The van der Waals surface area contributed by atoms with Crippen molar-refractivity contribution in [1.82, 2.24) is 0 Å². The van der Waals surface area contributed by atoms with Gasteiger partial charge in [0, 0.05) is 10.8 Å². The highest BCUT2D eigenvalue weighted by molar-refractivity contribution is 7.97. The molecular formula is C8H8O2S2. The van der Waals surface area contributed by atoms with Crippen LogP contribution in [0.15, 0.2) is 45.9 Å². The first-order valence-corrected chi connectivity index (χ1v) is 5.83. The third-order valence-electron chi connectivity index (χ3n) is 1.07. The zero-order valence-electron chi connectivity index (χ0n) is 6.25. The fourth-order valence-electron chi connectivity index (χ4n) is 0.582. The van der Waals surface area contributed by atoms with Gasteiger partial charge in [0.25, 0.3) is 0 Å². The molecular weight excluding hydrogens is 192 g/mol. The Bertz CT molecular complexity index is 323. The number of sulfone groups is 1. The molecule has 2 nitrogen and oxygen atoms in total. The van der Waals surface area contributed by atoms with Gasteiger partial charge in [-0.3, -0.25) is 0 Å². The molecule has 2 heterocycles. The van der Waals surface area contributed by atoms with E-state index in [4.69, 9.17) is 0 Å². The first-order valence-electron chi connectivity index (χ1n) is 3.28. The third-order valence-corrected chi connectivity index (χ3v) is 2.77. The van der Waals surface area contributed by atoms with Crippen molar-refractivity contribution in [2.45, 2.75) is 0 Å². The molecule has 0 atom stereocenters. The second kappa shape index (κ2) is 4.23. The molecule has 0 aliphatic carbocycles. The van der Waals surface area contributed by atoms with Crippen molar-refractivity contribution in [2.24, 2.45) is 0 Å². The molecule has 0 spiro atoms. The maximum Gasteiger partial charge on any atom is 0.193 e. The highest BCUT2D eigenvalue weighted by atomic mass is 32.2. The Kier molecular flexibility index (Phi) is 3.25. The van der Waals surface area contributed by atoms with Crippen molar-refractivity contribution in [3.8, 4) is 0 Å². The number of hydrogen-bond acceptors (Lipinski definition) is 3. The van der Waals surface area contributed by atoms with Crippen LogP contribution in [0.2, 0.25) is 0 Å². The van der Waals surface area contributed by atoms with Crippen LogP contribution in [0.4, 0.5) is 0 Å². The summed E-state index contributed by atoms with van der Waals surface area (Å²) in [6.07, 6.45) is 2.99. The van der Waals surface area contributed by atoms with Crippen LogP contribution in [-0.4, -0.2) is 8.42 Å². The zero-order valence-corrected chi connectivity index (χ0v) is 7.88. The molecule has 1 aromatic rings. The van der Waals surface area contributed by atoms with E-state index in [9.17, 15) is 8.42 Å². The van der Waals surface area contributed by atoms with E-state index in [0.717, 1.165) is 10.8 Å². The molecule has 2 rings (SSSR count). The second-order valence-electron chi connectivity index (χ2n) is 2.04. The van der Waals surface area contributed by atoms with Crippen LogP contribution < -0.4 is 0 Å². The topological polar surface area (TPSA) is 34.1 Å². The normalized spacial score (nSPS) is 17.0. The molecule has 1 aliphatic heterocycles. The summed E-state index contributed by atoms with van der Waals surface area (Å²) in [5, 5.41) is 6.40. The minimum atomic E-state index is -2.91. The van der Waals surface area contributed by atoms with Gasteiger partial charge < -0.3 is 0 Å². The fourth-order valence-corrected chi connectivity index (χ4v) is 1.75. The lowest BCUT2D eigenvalue weighted by Crippen LogP contribution is -1.80. The van der Waals surface area contributed by atoms with Crippen molar-refractivity contribution in [2.75, 3.05) is 0 Å². The van der Waals surface area contributed by atoms with Crippen molar-refractivity contribution >= 4 is 21.2 Å². The van der Waals surface area contributed by atoms with Gasteiger partial charge in [0.1, 0.15) is 0 Å². The highest BCUT2D eigenvalue weighted by Gasteiger charge is 2.00.